The van der Waals surface area contributed by atoms with Crippen molar-refractivity contribution in [3.63, 3.8) is 0 Å². The number of ether oxygens (including phenoxy) is 1. The fraction of sp³-hybridized carbons (Fsp3) is 0.462. The first-order valence-corrected chi connectivity index (χ1v) is 7.04. The molecule has 5 heteroatoms. The summed E-state index contributed by atoms with van der Waals surface area (Å²) in [5.74, 6) is 0.947. The van der Waals surface area contributed by atoms with Crippen LogP contribution in [-0.2, 0) is 17.7 Å². The molecule has 0 radical (unpaired) electrons. The Bertz CT molecular complexity index is 439. The van der Waals surface area contributed by atoms with Crippen LogP contribution in [-0.4, -0.2) is 29.8 Å². The maximum Gasteiger partial charge on any atom is 0.202 e. The number of imidazole rings is 1. The Labute approximate surface area is 112 Å². The normalized spacial score (nSPS) is 10.7. The number of aryl methyl sites for hydroxylation is 1. The van der Waals surface area contributed by atoms with Gasteiger partial charge in [-0.2, -0.15) is 0 Å². The Morgan fingerprint density at radius 3 is 3.22 bits per heavy atom. The first kappa shape index (κ1) is 13.1. The molecule has 2 rings (SSSR count). The summed E-state index contributed by atoms with van der Waals surface area (Å²) < 4.78 is 7.19. The van der Waals surface area contributed by atoms with Gasteiger partial charge in [0, 0.05) is 44.1 Å². The van der Waals surface area contributed by atoms with Gasteiger partial charge in [-0.3, -0.25) is 0 Å². The summed E-state index contributed by atoms with van der Waals surface area (Å²) in [6, 6.07) is 4.25. The first-order valence-electron chi connectivity index (χ1n) is 6.16. The zero-order valence-corrected chi connectivity index (χ0v) is 11.4. The van der Waals surface area contributed by atoms with Crippen molar-refractivity contribution in [3.8, 4) is 0 Å². The largest absolute Gasteiger partial charge is 0.385 e. The maximum absolute atomic E-state index is 5.06. The van der Waals surface area contributed by atoms with Crippen LogP contribution in [0.1, 0.15) is 11.3 Å². The number of rotatable bonds is 8. The van der Waals surface area contributed by atoms with Crippen molar-refractivity contribution in [2.75, 3.05) is 25.6 Å². The molecule has 0 bridgehead atoms. The molecule has 18 heavy (non-hydrogen) atoms. The minimum Gasteiger partial charge on any atom is -0.385 e. The number of hydrogen-bond donors (Lipinski definition) is 1. The molecule has 0 unspecified atom stereocenters. The van der Waals surface area contributed by atoms with Gasteiger partial charge >= 0.3 is 0 Å². The molecule has 4 nitrogen and oxygen atoms in total. The van der Waals surface area contributed by atoms with Gasteiger partial charge in [-0.05, 0) is 24.3 Å². The molecule has 2 aromatic rings. The minimum absolute atomic E-state index is 0.785. The van der Waals surface area contributed by atoms with Crippen LogP contribution >= 0.6 is 11.3 Å². The van der Waals surface area contributed by atoms with Gasteiger partial charge in [-0.15, -0.1) is 11.3 Å². The van der Waals surface area contributed by atoms with Crippen molar-refractivity contribution in [1.82, 2.24) is 9.55 Å². The standard InChI is InChI=1S/C13H19N3OS/c1-17-10-3-8-16-9-7-15-13(16)14-6-5-12-4-2-11-18-12/h2,4,7,9,11H,3,5-6,8,10H2,1H3,(H,14,15). The molecule has 0 spiro atoms. The predicted molar refractivity (Wildman–Crippen MR) is 75.2 cm³/mol. The molecule has 0 amide bonds. The fourth-order valence-electron chi connectivity index (χ4n) is 1.79. The number of nitrogens with zero attached hydrogens (tertiary/aromatic N) is 2. The van der Waals surface area contributed by atoms with Crippen LogP contribution in [0.2, 0.25) is 0 Å². The average Bonchev–Trinajstić information content (AvgIpc) is 3.02. The second kappa shape index (κ2) is 7.18. The van der Waals surface area contributed by atoms with Crippen LogP contribution in [0.3, 0.4) is 0 Å². The highest BCUT2D eigenvalue weighted by atomic mass is 32.1. The number of thiophene rings is 1. The molecule has 0 aliphatic heterocycles. The van der Waals surface area contributed by atoms with Gasteiger partial charge in [0.1, 0.15) is 0 Å². The molecule has 0 saturated carbocycles. The van der Waals surface area contributed by atoms with E-state index in [1.807, 2.05) is 12.4 Å². The van der Waals surface area contributed by atoms with Crippen molar-refractivity contribution in [2.24, 2.45) is 0 Å². The molecular weight excluding hydrogens is 246 g/mol. The van der Waals surface area contributed by atoms with E-state index in [4.69, 9.17) is 4.74 Å². The van der Waals surface area contributed by atoms with Crippen LogP contribution in [0.5, 0.6) is 0 Å². The van der Waals surface area contributed by atoms with Gasteiger partial charge in [0.15, 0.2) is 0 Å². The third kappa shape index (κ3) is 3.85. The second-order valence-corrected chi connectivity index (χ2v) is 5.08. The highest BCUT2D eigenvalue weighted by Crippen LogP contribution is 2.10. The summed E-state index contributed by atoms with van der Waals surface area (Å²) in [6.45, 7) is 2.64. The van der Waals surface area contributed by atoms with Crippen molar-refractivity contribution < 1.29 is 4.74 Å². The van der Waals surface area contributed by atoms with E-state index in [9.17, 15) is 0 Å². The molecule has 0 aliphatic rings. The molecule has 1 N–H and O–H groups in total. The fourth-order valence-corrected chi connectivity index (χ4v) is 2.50. The molecule has 0 aromatic carbocycles. The van der Waals surface area contributed by atoms with E-state index >= 15 is 0 Å². The third-order valence-corrected chi connectivity index (χ3v) is 3.63. The summed E-state index contributed by atoms with van der Waals surface area (Å²) in [5, 5.41) is 5.49. The summed E-state index contributed by atoms with van der Waals surface area (Å²) in [5.41, 5.74) is 0. The third-order valence-electron chi connectivity index (χ3n) is 2.70. The van der Waals surface area contributed by atoms with Gasteiger partial charge in [0.05, 0.1) is 0 Å². The van der Waals surface area contributed by atoms with Crippen molar-refractivity contribution in [2.45, 2.75) is 19.4 Å². The molecule has 2 aromatic heterocycles. The van der Waals surface area contributed by atoms with E-state index in [-0.39, 0.29) is 0 Å². The lowest BCUT2D eigenvalue weighted by Gasteiger charge is -2.09. The molecule has 98 valence electrons. The summed E-state index contributed by atoms with van der Waals surface area (Å²) in [4.78, 5) is 5.73. The number of aromatic nitrogens is 2. The van der Waals surface area contributed by atoms with Gasteiger partial charge in [0.2, 0.25) is 5.95 Å². The SMILES string of the molecule is COCCCn1ccnc1NCCc1cccs1. The molecule has 0 aliphatic carbocycles. The molecule has 0 saturated heterocycles. The van der Waals surface area contributed by atoms with Crippen LogP contribution in [0.15, 0.2) is 29.9 Å². The summed E-state index contributed by atoms with van der Waals surface area (Å²) in [7, 11) is 1.73. The summed E-state index contributed by atoms with van der Waals surface area (Å²) >= 11 is 1.80. The predicted octanol–water partition coefficient (Wildman–Crippen LogP) is 2.64. The van der Waals surface area contributed by atoms with Gasteiger partial charge < -0.3 is 14.6 Å². The van der Waals surface area contributed by atoms with Gasteiger partial charge in [-0.1, -0.05) is 6.07 Å². The van der Waals surface area contributed by atoms with Gasteiger partial charge in [0.25, 0.3) is 0 Å². The van der Waals surface area contributed by atoms with E-state index in [1.54, 1.807) is 18.4 Å². The number of hydrogen-bond acceptors (Lipinski definition) is 4. The van der Waals surface area contributed by atoms with Crippen LogP contribution < -0.4 is 5.32 Å². The Morgan fingerprint density at radius 2 is 2.44 bits per heavy atom. The highest BCUT2D eigenvalue weighted by molar-refractivity contribution is 7.09. The second-order valence-electron chi connectivity index (χ2n) is 4.05. The van der Waals surface area contributed by atoms with Crippen molar-refractivity contribution >= 4 is 17.3 Å². The number of anilines is 1. The summed E-state index contributed by atoms with van der Waals surface area (Å²) in [6.07, 6.45) is 5.89. The van der Waals surface area contributed by atoms with E-state index in [0.717, 1.165) is 38.5 Å². The Balaban J connectivity index is 1.76. The van der Waals surface area contributed by atoms with Crippen LogP contribution in [0.4, 0.5) is 5.95 Å². The lowest BCUT2D eigenvalue weighted by Crippen LogP contribution is -2.11. The zero-order chi connectivity index (χ0) is 12.6. The highest BCUT2D eigenvalue weighted by Gasteiger charge is 2.01. The quantitative estimate of drug-likeness (QED) is 0.746. The van der Waals surface area contributed by atoms with E-state index in [1.165, 1.54) is 4.88 Å². The molecule has 0 atom stereocenters. The first-order chi connectivity index (χ1) is 8.90. The van der Waals surface area contributed by atoms with E-state index in [0.29, 0.717) is 0 Å². The van der Waals surface area contributed by atoms with Crippen LogP contribution in [0.25, 0.3) is 0 Å². The Morgan fingerprint density at radius 1 is 1.50 bits per heavy atom. The topological polar surface area (TPSA) is 39.1 Å². The molecule has 2 heterocycles. The Hall–Kier alpha value is -1.33. The Kier molecular flexibility index (Phi) is 5.23. The van der Waals surface area contributed by atoms with Gasteiger partial charge in [-0.25, -0.2) is 4.98 Å². The maximum atomic E-state index is 5.06. The number of nitrogens with one attached hydrogen (secondary N) is 1. The van der Waals surface area contributed by atoms with Crippen LogP contribution in [0, 0.1) is 0 Å². The number of methoxy groups -OCH3 is 1. The average molecular weight is 265 g/mol. The lowest BCUT2D eigenvalue weighted by atomic mass is 10.3. The molecular formula is C13H19N3OS. The van der Waals surface area contributed by atoms with Crippen molar-refractivity contribution in [1.29, 1.82) is 0 Å². The zero-order valence-electron chi connectivity index (χ0n) is 10.6. The molecule has 0 fully saturated rings. The van der Waals surface area contributed by atoms with E-state index in [2.05, 4.69) is 32.4 Å². The lowest BCUT2D eigenvalue weighted by molar-refractivity contribution is 0.190. The minimum atomic E-state index is 0.785. The van der Waals surface area contributed by atoms with E-state index < -0.39 is 0 Å². The smallest absolute Gasteiger partial charge is 0.202 e. The van der Waals surface area contributed by atoms with Crippen molar-refractivity contribution in [3.05, 3.63) is 34.8 Å². The monoisotopic (exact) mass is 265 g/mol.